The van der Waals surface area contributed by atoms with Gasteiger partial charge in [0.25, 0.3) is 0 Å². The molecule has 3 aromatic rings. The van der Waals surface area contributed by atoms with E-state index in [2.05, 4.69) is 25.5 Å². The van der Waals surface area contributed by atoms with Crippen LogP contribution in [0.2, 0.25) is 0 Å². The number of sulfonamides is 1. The van der Waals surface area contributed by atoms with Gasteiger partial charge in [0.2, 0.25) is 16.0 Å². The maximum Gasteiger partial charge on any atom is 0.241 e. The summed E-state index contributed by atoms with van der Waals surface area (Å²) in [6, 6.07) is 12.7. The Labute approximate surface area is 229 Å². The van der Waals surface area contributed by atoms with Gasteiger partial charge in [-0.25, -0.2) is 18.1 Å². The summed E-state index contributed by atoms with van der Waals surface area (Å²) in [4.78, 5) is 10.6. The average Bonchev–Trinajstić information content (AvgIpc) is 3.48. The third-order valence-corrected chi connectivity index (χ3v) is 7.10. The molecule has 2 aromatic carbocycles. The standard InChI is InChI=1S/C27H36N6O3S/c1-20-19-28-26(30-21-10-12-23(13-11-21)36-17-16-33-14-5-6-15-33)31-25(20)29-22-8-7-9-24(18-22)37(34,35)32-27(2,3)4/h7-13,18-19,32H,5-6,14-17H2,1-4H3,(H2,28,29,30,31)/i2D3,3D3,16D. The number of benzene rings is 2. The first-order valence-electron chi connectivity index (χ1n) is 15.5. The molecule has 1 fully saturated rings. The molecule has 0 radical (unpaired) electrons. The van der Waals surface area contributed by atoms with Crippen molar-refractivity contribution in [2.75, 3.05) is 36.9 Å². The van der Waals surface area contributed by atoms with Crippen LogP contribution >= 0.6 is 0 Å². The zero-order valence-electron chi connectivity index (χ0n) is 27.8. The fraction of sp³-hybridized carbons (Fsp3) is 0.407. The van der Waals surface area contributed by atoms with Crippen LogP contribution in [0.3, 0.4) is 0 Å². The molecule has 2 heterocycles. The Bertz CT molecular complexity index is 1530. The van der Waals surface area contributed by atoms with Gasteiger partial charge in [-0.2, -0.15) is 4.98 Å². The van der Waals surface area contributed by atoms with E-state index in [1.54, 1.807) is 43.5 Å². The number of aryl methyl sites for hydroxylation is 1. The predicted molar refractivity (Wildman–Crippen MR) is 147 cm³/mol. The summed E-state index contributed by atoms with van der Waals surface area (Å²) in [5, 5.41) is 6.15. The Morgan fingerprint density at radius 1 is 1.11 bits per heavy atom. The van der Waals surface area contributed by atoms with E-state index in [1.807, 2.05) is 4.72 Å². The Hall–Kier alpha value is -3.21. The van der Waals surface area contributed by atoms with Crippen LogP contribution in [0.5, 0.6) is 5.75 Å². The molecule has 0 spiro atoms. The second-order valence-electron chi connectivity index (χ2n) is 8.99. The zero-order chi connectivity index (χ0) is 32.3. The van der Waals surface area contributed by atoms with E-state index in [0.717, 1.165) is 32.9 Å². The van der Waals surface area contributed by atoms with E-state index < -0.39 is 35.8 Å². The van der Waals surface area contributed by atoms with Gasteiger partial charge >= 0.3 is 0 Å². The lowest BCUT2D eigenvalue weighted by atomic mass is 10.1. The molecule has 1 saturated heterocycles. The molecule has 1 aliphatic heterocycles. The highest BCUT2D eigenvalue weighted by molar-refractivity contribution is 7.89. The van der Waals surface area contributed by atoms with Gasteiger partial charge in [0.15, 0.2) is 0 Å². The smallest absolute Gasteiger partial charge is 0.241 e. The molecule has 37 heavy (non-hydrogen) atoms. The van der Waals surface area contributed by atoms with Gasteiger partial charge in [-0.05, 0) is 95.9 Å². The molecule has 0 saturated carbocycles. The van der Waals surface area contributed by atoms with Gasteiger partial charge in [-0.15, -0.1) is 0 Å². The van der Waals surface area contributed by atoms with Crippen molar-refractivity contribution in [1.29, 1.82) is 0 Å². The van der Waals surface area contributed by atoms with E-state index in [-0.39, 0.29) is 17.5 Å². The Balaban J connectivity index is 1.45. The van der Waals surface area contributed by atoms with Crippen molar-refractivity contribution in [2.24, 2.45) is 0 Å². The zero-order valence-corrected chi connectivity index (χ0v) is 21.6. The molecule has 4 rings (SSSR count). The minimum Gasteiger partial charge on any atom is -0.492 e. The van der Waals surface area contributed by atoms with Gasteiger partial charge in [0, 0.05) is 44.8 Å². The number of nitrogens with one attached hydrogen (secondary N) is 3. The Morgan fingerprint density at radius 2 is 1.86 bits per heavy atom. The number of rotatable bonds is 10. The number of aromatic nitrogens is 2. The molecule has 1 atom stereocenters. The molecular weight excluding hydrogens is 488 g/mol. The van der Waals surface area contributed by atoms with Crippen LogP contribution in [0, 0.1) is 6.92 Å². The minimum absolute atomic E-state index is 0.267. The summed E-state index contributed by atoms with van der Waals surface area (Å²) in [5.41, 5.74) is -1.05. The summed E-state index contributed by atoms with van der Waals surface area (Å²) >= 11 is 0. The van der Waals surface area contributed by atoms with Crippen LogP contribution in [-0.2, 0) is 10.0 Å². The monoisotopic (exact) mass is 531 g/mol. The van der Waals surface area contributed by atoms with Crippen LogP contribution in [-0.4, -0.2) is 55.0 Å². The largest absolute Gasteiger partial charge is 0.492 e. The number of ether oxygens (including phenoxy) is 1. The lowest BCUT2D eigenvalue weighted by Crippen LogP contribution is -2.40. The van der Waals surface area contributed by atoms with E-state index >= 15 is 0 Å². The number of anilines is 4. The average molecular weight is 532 g/mol. The fourth-order valence-electron chi connectivity index (χ4n) is 3.76. The molecule has 0 bridgehead atoms. The lowest BCUT2D eigenvalue weighted by Gasteiger charge is -2.20. The summed E-state index contributed by atoms with van der Waals surface area (Å²) in [5.74, 6) is 1.29. The molecule has 198 valence electrons. The molecule has 0 aliphatic carbocycles. The van der Waals surface area contributed by atoms with Gasteiger partial charge in [-0.3, -0.25) is 4.90 Å². The molecular formula is C27H36N6O3S. The molecule has 0 amide bonds. The van der Waals surface area contributed by atoms with Crippen LogP contribution < -0.4 is 20.1 Å². The van der Waals surface area contributed by atoms with E-state index in [9.17, 15) is 8.42 Å². The van der Waals surface area contributed by atoms with Crippen molar-refractivity contribution in [3.8, 4) is 5.75 Å². The van der Waals surface area contributed by atoms with Crippen molar-refractivity contribution >= 4 is 33.2 Å². The van der Waals surface area contributed by atoms with Crippen molar-refractivity contribution in [2.45, 2.75) is 50.8 Å². The first kappa shape index (κ1) is 18.9. The van der Waals surface area contributed by atoms with Gasteiger partial charge in [0.05, 0.1) is 4.90 Å². The van der Waals surface area contributed by atoms with Crippen molar-refractivity contribution < 1.29 is 22.7 Å². The second kappa shape index (κ2) is 11.5. The second-order valence-corrected chi connectivity index (χ2v) is 10.7. The third kappa shape index (κ3) is 7.88. The molecule has 10 heteroatoms. The first-order valence-corrected chi connectivity index (χ1v) is 13.4. The Kier molecular flexibility index (Phi) is 5.86. The molecule has 3 N–H and O–H groups in total. The fourth-order valence-corrected chi connectivity index (χ4v) is 4.96. The van der Waals surface area contributed by atoms with Crippen LogP contribution in [0.4, 0.5) is 23.1 Å². The van der Waals surface area contributed by atoms with Crippen LogP contribution in [0.15, 0.2) is 59.6 Å². The highest BCUT2D eigenvalue weighted by atomic mass is 32.2. The lowest BCUT2D eigenvalue weighted by molar-refractivity contribution is 0.238. The number of nitrogens with zero attached hydrogens (tertiary/aromatic N) is 3. The summed E-state index contributed by atoms with van der Waals surface area (Å²) < 4.78 is 88.2. The Morgan fingerprint density at radius 3 is 2.59 bits per heavy atom. The van der Waals surface area contributed by atoms with Crippen LogP contribution in [0.1, 0.15) is 48.6 Å². The quantitative estimate of drug-likeness (QED) is 0.342. The summed E-state index contributed by atoms with van der Waals surface area (Å²) in [7, 11) is -4.55. The minimum atomic E-state index is -4.55. The number of likely N-dealkylation sites (tertiary alicyclic amines) is 1. The maximum atomic E-state index is 13.1. The first-order chi connectivity index (χ1) is 20.5. The van der Waals surface area contributed by atoms with E-state index in [0.29, 0.717) is 28.5 Å². The normalized spacial score (nSPS) is 18.8. The topological polar surface area (TPSA) is 108 Å². The van der Waals surface area contributed by atoms with Crippen molar-refractivity contribution in [3.63, 3.8) is 0 Å². The molecule has 1 aliphatic rings. The maximum absolute atomic E-state index is 13.1. The highest BCUT2D eigenvalue weighted by Crippen LogP contribution is 2.24. The third-order valence-electron chi connectivity index (χ3n) is 5.55. The van der Waals surface area contributed by atoms with Crippen molar-refractivity contribution in [1.82, 2.24) is 19.6 Å². The van der Waals surface area contributed by atoms with E-state index in [1.165, 1.54) is 18.2 Å². The number of hydrogen-bond donors (Lipinski definition) is 3. The number of hydrogen-bond acceptors (Lipinski definition) is 8. The summed E-state index contributed by atoms with van der Waals surface area (Å²) in [6.45, 7) is -1.96. The molecule has 1 aromatic heterocycles. The SMILES string of the molecule is [2H]C(COc1ccc(Nc2ncc(C)c(Nc3cccc(S(=O)(=O)NC(C)(C([2H])([2H])[2H])C([2H])([2H])[2H])c3)n2)cc1)N1CCCC1. The highest BCUT2D eigenvalue weighted by Gasteiger charge is 2.22. The van der Waals surface area contributed by atoms with Gasteiger partial charge in [-0.1, -0.05) is 6.07 Å². The van der Waals surface area contributed by atoms with E-state index in [4.69, 9.17) is 14.3 Å². The molecule has 9 nitrogen and oxygen atoms in total. The predicted octanol–water partition coefficient (Wildman–Crippen LogP) is 4.82. The summed E-state index contributed by atoms with van der Waals surface area (Å²) in [6.07, 6.45) is 3.81. The van der Waals surface area contributed by atoms with Crippen LogP contribution in [0.25, 0.3) is 0 Å². The molecule has 1 unspecified atom stereocenters. The van der Waals surface area contributed by atoms with Crippen molar-refractivity contribution in [3.05, 3.63) is 60.3 Å². The van der Waals surface area contributed by atoms with Gasteiger partial charge < -0.3 is 15.4 Å². The van der Waals surface area contributed by atoms with Gasteiger partial charge in [0.1, 0.15) is 18.2 Å².